The summed E-state index contributed by atoms with van der Waals surface area (Å²) >= 11 is 0. The number of aromatic nitrogens is 1. The van der Waals surface area contributed by atoms with Gasteiger partial charge in [0.25, 0.3) is 5.91 Å². The molecule has 2 aromatic rings. The first-order valence-corrected chi connectivity index (χ1v) is 7.91. The van der Waals surface area contributed by atoms with Gasteiger partial charge in [-0.3, -0.25) is 9.78 Å². The third-order valence-corrected chi connectivity index (χ3v) is 5.18. The lowest BCUT2D eigenvalue weighted by Crippen LogP contribution is -2.30. The minimum atomic E-state index is 0.147. The maximum Gasteiger partial charge on any atom is 0.253 e. The highest BCUT2D eigenvalue weighted by molar-refractivity contribution is 5.98. The molecule has 3 atom stereocenters. The van der Waals surface area contributed by atoms with Crippen molar-refractivity contribution < 1.29 is 9.53 Å². The summed E-state index contributed by atoms with van der Waals surface area (Å²) < 4.78 is 5.47. The SMILES string of the molecule is COC1C[C@@H]2CN(C(=O)c3ccc4ncccc4c3)C[C@@H]2C1. The lowest BCUT2D eigenvalue weighted by atomic mass is 10.0. The fourth-order valence-corrected chi connectivity index (χ4v) is 3.99. The number of carbonyl (C=O) groups excluding carboxylic acids is 1. The van der Waals surface area contributed by atoms with E-state index in [1.54, 1.807) is 13.3 Å². The summed E-state index contributed by atoms with van der Waals surface area (Å²) in [4.78, 5) is 19.1. The Balaban J connectivity index is 1.52. The third-order valence-electron chi connectivity index (χ3n) is 5.18. The van der Waals surface area contributed by atoms with Crippen LogP contribution in [0.25, 0.3) is 10.9 Å². The zero-order valence-electron chi connectivity index (χ0n) is 12.7. The van der Waals surface area contributed by atoms with Gasteiger partial charge in [0.1, 0.15) is 0 Å². The molecule has 114 valence electrons. The van der Waals surface area contributed by atoms with Crippen LogP contribution in [0.4, 0.5) is 0 Å². The summed E-state index contributed by atoms with van der Waals surface area (Å²) in [5.74, 6) is 1.36. The number of pyridine rings is 1. The van der Waals surface area contributed by atoms with Crippen molar-refractivity contribution in [3.8, 4) is 0 Å². The minimum absolute atomic E-state index is 0.147. The maximum atomic E-state index is 12.7. The number of rotatable bonds is 2. The number of likely N-dealkylation sites (tertiary alicyclic amines) is 1. The summed E-state index contributed by atoms with van der Waals surface area (Å²) in [5.41, 5.74) is 1.70. The second-order valence-corrected chi connectivity index (χ2v) is 6.47. The molecular weight excluding hydrogens is 276 g/mol. The standard InChI is InChI=1S/C18H20N2O2/c1-22-16-8-14-10-20(11-15(14)9-16)18(21)13-4-5-17-12(7-13)3-2-6-19-17/h2-7,14-16H,8-11H2,1H3/t14-,15+,16?. The van der Waals surface area contributed by atoms with Gasteiger partial charge in [-0.05, 0) is 48.9 Å². The van der Waals surface area contributed by atoms with Crippen LogP contribution in [-0.2, 0) is 4.74 Å². The number of hydrogen-bond acceptors (Lipinski definition) is 3. The Morgan fingerprint density at radius 3 is 2.73 bits per heavy atom. The Kier molecular flexibility index (Phi) is 3.34. The zero-order chi connectivity index (χ0) is 15.1. The summed E-state index contributed by atoms with van der Waals surface area (Å²) in [6, 6.07) is 9.68. The van der Waals surface area contributed by atoms with Gasteiger partial charge in [-0.1, -0.05) is 6.07 Å². The van der Waals surface area contributed by atoms with Gasteiger partial charge in [0.2, 0.25) is 0 Å². The van der Waals surface area contributed by atoms with E-state index in [1.165, 1.54) is 0 Å². The van der Waals surface area contributed by atoms with E-state index < -0.39 is 0 Å². The molecule has 4 rings (SSSR count). The van der Waals surface area contributed by atoms with E-state index in [4.69, 9.17) is 4.74 Å². The number of methoxy groups -OCH3 is 1. The Bertz CT molecular complexity index is 701. The van der Waals surface area contributed by atoms with Crippen LogP contribution in [0.2, 0.25) is 0 Å². The van der Waals surface area contributed by atoms with Crippen LogP contribution in [0.1, 0.15) is 23.2 Å². The fourth-order valence-electron chi connectivity index (χ4n) is 3.99. The van der Waals surface area contributed by atoms with E-state index >= 15 is 0 Å². The molecule has 1 amide bonds. The molecule has 0 N–H and O–H groups in total. The number of carbonyl (C=O) groups is 1. The molecule has 1 unspecified atom stereocenters. The van der Waals surface area contributed by atoms with Gasteiger partial charge in [-0.2, -0.15) is 0 Å². The maximum absolute atomic E-state index is 12.7. The number of nitrogens with zero attached hydrogens (tertiary/aromatic N) is 2. The molecule has 2 aliphatic rings. The van der Waals surface area contributed by atoms with E-state index in [0.29, 0.717) is 17.9 Å². The predicted molar refractivity (Wildman–Crippen MR) is 84.7 cm³/mol. The van der Waals surface area contributed by atoms with Crippen molar-refractivity contribution in [2.24, 2.45) is 11.8 Å². The van der Waals surface area contributed by atoms with E-state index in [0.717, 1.165) is 42.4 Å². The van der Waals surface area contributed by atoms with Crippen molar-refractivity contribution in [1.29, 1.82) is 0 Å². The molecule has 1 aliphatic carbocycles. The Morgan fingerprint density at radius 2 is 2.00 bits per heavy atom. The molecule has 4 nitrogen and oxygen atoms in total. The highest BCUT2D eigenvalue weighted by Crippen LogP contribution is 2.39. The summed E-state index contributed by atoms with van der Waals surface area (Å²) in [5, 5.41) is 1.02. The van der Waals surface area contributed by atoms with Crippen LogP contribution < -0.4 is 0 Å². The number of benzene rings is 1. The van der Waals surface area contributed by atoms with Crippen molar-refractivity contribution >= 4 is 16.8 Å². The van der Waals surface area contributed by atoms with Crippen LogP contribution >= 0.6 is 0 Å². The number of ether oxygens (including phenoxy) is 1. The first-order valence-electron chi connectivity index (χ1n) is 7.91. The number of hydrogen-bond donors (Lipinski definition) is 0. The van der Waals surface area contributed by atoms with Crippen molar-refractivity contribution in [3.05, 3.63) is 42.1 Å². The summed E-state index contributed by atoms with van der Waals surface area (Å²) in [7, 11) is 1.79. The molecule has 0 spiro atoms. The van der Waals surface area contributed by atoms with Gasteiger partial charge < -0.3 is 9.64 Å². The van der Waals surface area contributed by atoms with E-state index in [1.807, 2.05) is 35.2 Å². The lowest BCUT2D eigenvalue weighted by molar-refractivity contribution is 0.0731. The monoisotopic (exact) mass is 296 g/mol. The first-order chi connectivity index (χ1) is 10.7. The Hall–Kier alpha value is -1.94. The van der Waals surface area contributed by atoms with Crippen LogP contribution in [0.5, 0.6) is 0 Å². The summed E-state index contributed by atoms with van der Waals surface area (Å²) in [6.45, 7) is 1.74. The molecule has 1 saturated heterocycles. The molecule has 2 fully saturated rings. The zero-order valence-corrected chi connectivity index (χ0v) is 12.7. The Labute approximate surface area is 130 Å². The number of amides is 1. The van der Waals surface area contributed by atoms with Crippen LogP contribution in [0.15, 0.2) is 36.5 Å². The van der Waals surface area contributed by atoms with Gasteiger partial charge in [0, 0.05) is 37.3 Å². The van der Waals surface area contributed by atoms with Gasteiger partial charge in [-0.15, -0.1) is 0 Å². The van der Waals surface area contributed by atoms with Gasteiger partial charge in [0.05, 0.1) is 11.6 Å². The molecule has 1 aromatic heterocycles. The second-order valence-electron chi connectivity index (χ2n) is 6.47. The van der Waals surface area contributed by atoms with Crippen molar-refractivity contribution in [1.82, 2.24) is 9.88 Å². The van der Waals surface area contributed by atoms with Crippen molar-refractivity contribution in [2.75, 3.05) is 20.2 Å². The Morgan fingerprint density at radius 1 is 1.23 bits per heavy atom. The molecule has 1 aromatic carbocycles. The van der Waals surface area contributed by atoms with E-state index in [2.05, 4.69) is 4.98 Å². The molecular formula is C18H20N2O2. The normalized spacial score (nSPS) is 27.3. The van der Waals surface area contributed by atoms with E-state index in [-0.39, 0.29) is 5.91 Å². The largest absolute Gasteiger partial charge is 0.381 e. The predicted octanol–water partition coefficient (Wildman–Crippen LogP) is 2.73. The second kappa shape index (κ2) is 5.36. The fraction of sp³-hybridized carbons (Fsp3) is 0.444. The number of fused-ring (bicyclic) bond motifs is 2. The van der Waals surface area contributed by atoms with Gasteiger partial charge >= 0.3 is 0 Å². The molecule has 22 heavy (non-hydrogen) atoms. The lowest BCUT2D eigenvalue weighted by Gasteiger charge is -2.19. The van der Waals surface area contributed by atoms with Crippen LogP contribution in [-0.4, -0.2) is 42.1 Å². The van der Waals surface area contributed by atoms with Gasteiger partial charge in [0.15, 0.2) is 0 Å². The highest BCUT2D eigenvalue weighted by Gasteiger charge is 2.42. The molecule has 4 heteroatoms. The molecule has 2 heterocycles. The summed E-state index contributed by atoms with van der Waals surface area (Å²) in [6.07, 6.45) is 4.34. The molecule has 1 aliphatic heterocycles. The van der Waals surface area contributed by atoms with Crippen molar-refractivity contribution in [3.63, 3.8) is 0 Å². The highest BCUT2D eigenvalue weighted by atomic mass is 16.5. The average molecular weight is 296 g/mol. The minimum Gasteiger partial charge on any atom is -0.381 e. The average Bonchev–Trinajstić information content (AvgIpc) is 3.12. The quantitative estimate of drug-likeness (QED) is 0.856. The van der Waals surface area contributed by atoms with E-state index in [9.17, 15) is 4.79 Å². The first kappa shape index (κ1) is 13.7. The topological polar surface area (TPSA) is 42.4 Å². The van der Waals surface area contributed by atoms with Crippen LogP contribution in [0, 0.1) is 11.8 Å². The molecule has 1 saturated carbocycles. The molecule has 0 bridgehead atoms. The van der Waals surface area contributed by atoms with Crippen molar-refractivity contribution in [2.45, 2.75) is 18.9 Å². The smallest absolute Gasteiger partial charge is 0.253 e. The molecule has 0 radical (unpaired) electrons. The van der Waals surface area contributed by atoms with Crippen LogP contribution in [0.3, 0.4) is 0 Å². The van der Waals surface area contributed by atoms with Gasteiger partial charge in [-0.25, -0.2) is 0 Å². The third kappa shape index (κ3) is 2.28.